The molecule has 1 unspecified atom stereocenters. The minimum absolute atomic E-state index is 0.108. The summed E-state index contributed by atoms with van der Waals surface area (Å²) in [5, 5.41) is 7.88. The van der Waals surface area contributed by atoms with Crippen LogP contribution in [0, 0.1) is 0 Å². The number of hydrogen-bond acceptors (Lipinski definition) is 4. The molecule has 0 aliphatic rings. The Balaban J connectivity index is 1.66. The van der Waals surface area contributed by atoms with Crippen molar-refractivity contribution in [2.24, 2.45) is 0 Å². The first-order chi connectivity index (χ1) is 13.2. The predicted octanol–water partition coefficient (Wildman–Crippen LogP) is 4.69. The maximum Gasteiger partial charge on any atom is 0.272 e. The lowest BCUT2D eigenvalue weighted by molar-refractivity contribution is 0.0958. The molecule has 2 aromatic carbocycles. The van der Waals surface area contributed by atoms with Crippen LogP contribution >= 0.6 is 0 Å². The first kappa shape index (κ1) is 18.8. The van der Waals surface area contributed by atoms with Crippen LogP contribution in [0.1, 0.15) is 36.5 Å². The molecule has 0 aliphatic carbocycles. The second kappa shape index (κ2) is 9.07. The van der Waals surface area contributed by atoms with Gasteiger partial charge in [0.05, 0.1) is 12.2 Å². The fourth-order valence-corrected chi connectivity index (χ4v) is 2.83. The van der Waals surface area contributed by atoms with Gasteiger partial charge in [-0.3, -0.25) is 9.18 Å². The van der Waals surface area contributed by atoms with E-state index < -0.39 is 0 Å². The summed E-state index contributed by atoms with van der Waals surface area (Å²) in [5.74, 6) is 0.433. The Morgan fingerprint density at radius 1 is 1.19 bits per heavy atom. The smallest absolute Gasteiger partial charge is 0.272 e. The molecule has 0 saturated carbocycles. The van der Waals surface area contributed by atoms with Gasteiger partial charge in [-0.1, -0.05) is 42.8 Å². The van der Waals surface area contributed by atoms with Crippen molar-refractivity contribution in [3.05, 3.63) is 60.2 Å². The number of nitrogens with zero attached hydrogens (tertiary/aromatic N) is 3. The number of benzene rings is 2. The Morgan fingerprint density at radius 2 is 1.96 bits per heavy atom. The van der Waals surface area contributed by atoms with Crippen molar-refractivity contribution in [2.75, 3.05) is 6.67 Å². The fraction of sp³-hybridized carbons (Fsp3) is 0.286. The molecule has 0 fully saturated rings. The van der Waals surface area contributed by atoms with Crippen LogP contribution in [0.4, 0.5) is 4.39 Å². The third-order valence-corrected chi connectivity index (χ3v) is 4.20. The number of allylic oxidation sites excluding steroid dienone is 1. The lowest BCUT2D eigenvalue weighted by atomic mass is 10.1. The van der Waals surface area contributed by atoms with Gasteiger partial charge in [0.15, 0.2) is 0 Å². The Bertz CT molecular complexity index is 913. The monoisotopic (exact) mass is 367 g/mol. The molecule has 27 heavy (non-hydrogen) atoms. The molecule has 140 valence electrons. The minimum Gasteiger partial charge on any atom is -0.490 e. The van der Waals surface area contributed by atoms with Crippen LogP contribution in [0.25, 0.3) is 17.1 Å². The van der Waals surface area contributed by atoms with Gasteiger partial charge in [0, 0.05) is 12.5 Å². The van der Waals surface area contributed by atoms with E-state index in [4.69, 9.17) is 4.74 Å². The van der Waals surface area contributed by atoms with E-state index >= 15 is 0 Å². The van der Waals surface area contributed by atoms with Gasteiger partial charge in [0.1, 0.15) is 17.4 Å². The standard InChI is InChI=1S/C21H22FN3O2/c1-2-5-17(14-15-22)27-18-11-8-16(9-12-18)10-13-21(26)25-20-7-4-3-6-19(20)23-24-25/h3-4,6-13,17H,2,5,14-15H2,1H3/b13-10+. The molecule has 1 atom stereocenters. The summed E-state index contributed by atoms with van der Waals surface area (Å²) in [6, 6.07) is 14.7. The number of rotatable bonds is 8. The zero-order valence-electron chi connectivity index (χ0n) is 15.2. The second-order valence-electron chi connectivity index (χ2n) is 6.24. The highest BCUT2D eigenvalue weighted by Gasteiger charge is 2.10. The summed E-state index contributed by atoms with van der Waals surface area (Å²) >= 11 is 0. The van der Waals surface area contributed by atoms with Crippen LogP contribution in [-0.2, 0) is 0 Å². The van der Waals surface area contributed by atoms with Crippen molar-refractivity contribution in [1.82, 2.24) is 15.0 Å². The van der Waals surface area contributed by atoms with Gasteiger partial charge in [-0.25, -0.2) is 0 Å². The number of alkyl halides is 1. The summed E-state index contributed by atoms with van der Waals surface area (Å²) in [6.45, 7) is 1.67. The van der Waals surface area contributed by atoms with Crippen molar-refractivity contribution in [3.8, 4) is 5.75 Å². The molecule has 0 aliphatic heterocycles. The molecule has 0 N–H and O–H groups in total. The Kier molecular flexibility index (Phi) is 6.30. The molecular formula is C21H22FN3O2. The number of aromatic nitrogens is 3. The molecule has 0 saturated heterocycles. The summed E-state index contributed by atoms with van der Waals surface area (Å²) < 4.78 is 19.7. The van der Waals surface area contributed by atoms with Gasteiger partial charge in [0.2, 0.25) is 0 Å². The second-order valence-corrected chi connectivity index (χ2v) is 6.24. The number of carbonyl (C=O) groups is 1. The zero-order chi connectivity index (χ0) is 19.1. The first-order valence-electron chi connectivity index (χ1n) is 9.07. The average molecular weight is 367 g/mol. The topological polar surface area (TPSA) is 57.0 Å². The summed E-state index contributed by atoms with van der Waals surface area (Å²) in [6.07, 6.45) is 5.24. The van der Waals surface area contributed by atoms with Crippen molar-refractivity contribution < 1.29 is 13.9 Å². The van der Waals surface area contributed by atoms with E-state index in [0.29, 0.717) is 23.2 Å². The highest BCUT2D eigenvalue weighted by atomic mass is 19.1. The molecule has 5 nitrogen and oxygen atoms in total. The molecule has 0 amide bonds. The molecule has 0 bridgehead atoms. The molecule has 3 rings (SSSR count). The average Bonchev–Trinajstić information content (AvgIpc) is 3.12. The maximum atomic E-state index is 12.6. The number of fused-ring (bicyclic) bond motifs is 1. The van der Waals surface area contributed by atoms with E-state index in [1.165, 1.54) is 10.8 Å². The van der Waals surface area contributed by atoms with E-state index in [9.17, 15) is 9.18 Å². The summed E-state index contributed by atoms with van der Waals surface area (Å²) in [7, 11) is 0. The van der Waals surface area contributed by atoms with E-state index in [-0.39, 0.29) is 18.7 Å². The Labute approximate surface area is 157 Å². The zero-order valence-corrected chi connectivity index (χ0v) is 15.2. The van der Waals surface area contributed by atoms with E-state index in [0.717, 1.165) is 18.4 Å². The van der Waals surface area contributed by atoms with Crippen LogP contribution < -0.4 is 4.74 Å². The largest absolute Gasteiger partial charge is 0.490 e. The van der Waals surface area contributed by atoms with Crippen LogP contribution in [0.2, 0.25) is 0 Å². The SMILES string of the molecule is CCCC(CCF)Oc1ccc(/C=C/C(=O)n2nnc3ccccc32)cc1. The van der Waals surface area contributed by atoms with Crippen LogP contribution in [0.3, 0.4) is 0 Å². The van der Waals surface area contributed by atoms with Gasteiger partial charge >= 0.3 is 0 Å². The van der Waals surface area contributed by atoms with Gasteiger partial charge in [-0.15, -0.1) is 5.10 Å². The molecule has 6 heteroatoms. The lowest BCUT2D eigenvalue weighted by Crippen LogP contribution is -2.16. The maximum absolute atomic E-state index is 12.6. The van der Waals surface area contributed by atoms with Gasteiger partial charge in [-0.2, -0.15) is 4.68 Å². The third kappa shape index (κ3) is 4.78. The molecule has 1 heterocycles. The molecule has 3 aromatic rings. The predicted molar refractivity (Wildman–Crippen MR) is 104 cm³/mol. The minimum atomic E-state index is -0.384. The molecule has 1 aromatic heterocycles. The summed E-state index contributed by atoms with van der Waals surface area (Å²) in [5.41, 5.74) is 2.21. The highest BCUT2D eigenvalue weighted by molar-refractivity contribution is 5.98. The van der Waals surface area contributed by atoms with Crippen LogP contribution in [0.15, 0.2) is 54.6 Å². The van der Waals surface area contributed by atoms with Crippen molar-refractivity contribution >= 4 is 23.0 Å². The van der Waals surface area contributed by atoms with Crippen LogP contribution in [-0.4, -0.2) is 33.7 Å². The molecule has 0 radical (unpaired) electrons. The van der Waals surface area contributed by atoms with E-state index in [1.54, 1.807) is 12.1 Å². The summed E-state index contributed by atoms with van der Waals surface area (Å²) in [4.78, 5) is 12.4. The van der Waals surface area contributed by atoms with Crippen molar-refractivity contribution in [1.29, 1.82) is 0 Å². The number of ether oxygens (including phenoxy) is 1. The first-order valence-corrected chi connectivity index (χ1v) is 9.07. The Morgan fingerprint density at radius 3 is 2.70 bits per heavy atom. The van der Waals surface area contributed by atoms with Gasteiger partial charge in [0.25, 0.3) is 5.91 Å². The van der Waals surface area contributed by atoms with Gasteiger partial charge in [-0.05, 0) is 42.3 Å². The normalized spacial score (nSPS) is 12.5. The Hall–Kier alpha value is -3.02. The van der Waals surface area contributed by atoms with Crippen LogP contribution in [0.5, 0.6) is 5.75 Å². The quantitative estimate of drug-likeness (QED) is 0.542. The number of halogens is 1. The number of carbonyl (C=O) groups excluding carboxylic acids is 1. The highest BCUT2D eigenvalue weighted by Crippen LogP contribution is 2.18. The molecule has 0 spiro atoms. The third-order valence-electron chi connectivity index (χ3n) is 4.20. The number of hydrogen-bond donors (Lipinski definition) is 0. The lowest BCUT2D eigenvalue weighted by Gasteiger charge is -2.17. The van der Waals surface area contributed by atoms with E-state index in [2.05, 4.69) is 17.2 Å². The van der Waals surface area contributed by atoms with Crippen molar-refractivity contribution in [3.63, 3.8) is 0 Å². The molecular weight excluding hydrogens is 345 g/mol. The fourth-order valence-electron chi connectivity index (χ4n) is 2.83. The number of para-hydroxylation sites is 1. The van der Waals surface area contributed by atoms with Crippen molar-refractivity contribution in [2.45, 2.75) is 32.3 Å². The van der Waals surface area contributed by atoms with E-state index in [1.807, 2.05) is 42.5 Å². The van der Waals surface area contributed by atoms with Gasteiger partial charge < -0.3 is 4.74 Å².